The molecule has 66 heavy (non-hydrogen) atoms. The molecule has 0 bridgehead atoms. The number of ether oxygens (including phenoxy) is 3. The maximum Gasteiger partial charge on any atom is 0.306 e. The molecule has 2 N–H and O–H groups in total. The number of rotatable bonds is 26. The molecule has 0 aromatic heterocycles. The van der Waals surface area contributed by atoms with E-state index in [4.69, 9.17) is 18.6 Å². The minimum absolute atomic E-state index is 0.0622. The van der Waals surface area contributed by atoms with Gasteiger partial charge in [0.2, 0.25) is 5.91 Å². The second-order valence-electron chi connectivity index (χ2n) is 20.1. The predicted octanol–water partition coefficient (Wildman–Crippen LogP) is 13.0. The molecule has 1 heterocycles. The van der Waals surface area contributed by atoms with Gasteiger partial charge >= 0.3 is 5.97 Å². The van der Waals surface area contributed by atoms with Crippen molar-refractivity contribution in [1.82, 2.24) is 5.32 Å². The molecule has 1 fully saturated rings. The van der Waals surface area contributed by atoms with Crippen molar-refractivity contribution < 1.29 is 33.3 Å². The van der Waals surface area contributed by atoms with Crippen LogP contribution >= 0.6 is 0 Å². The lowest BCUT2D eigenvalue weighted by Gasteiger charge is -2.45. The van der Waals surface area contributed by atoms with Crippen molar-refractivity contribution in [3.8, 4) is 0 Å². The number of nitrogens with one attached hydrogen (secondary N) is 1. The minimum Gasteiger partial charge on any atom is -0.457 e. The molecule has 0 aliphatic carbocycles. The zero-order chi connectivity index (χ0) is 46.8. The fourth-order valence-electron chi connectivity index (χ4n) is 8.63. The van der Waals surface area contributed by atoms with Gasteiger partial charge in [-0.25, -0.2) is 0 Å². The van der Waals surface area contributed by atoms with Crippen LogP contribution in [-0.2, 0) is 47.7 Å². The maximum absolute atomic E-state index is 13.7. The Morgan fingerprint density at radius 3 is 1.68 bits per heavy atom. The van der Waals surface area contributed by atoms with Crippen LogP contribution in [0.2, 0.25) is 18.1 Å². The van der Waals surface area contributed by atoms with Crippen LogP contribution in [0.4, 0.5) is 0 Å². The van der Waals surface area contributed by atoms with Gasteiger partial charge in [-0.1, -0.05) is 187 Å². The molecule has 1 aliphatic rings. The number of aryl methyl sites for hydroxylation is 2. The number of amides is 1. The third kappa shape index (κ3) is 15.9. The molecule has 6 rings (SSSR count). The average molecular weight is 916 g/mol. The highest BCUT2D eigenvalue weighted by Gasteiger charge is 2.50. The number of hydrogen-bond acceptors (Lipinski definition) is 7. The molecule has 9 heteroatoms. The summed E-state index contributed by atoms with van der Waals surface area (Å²) in [4.78, 5) is 27.3. The van der Waals surface area contributed by atoms with Gasteiger partial charge in [-0.2, -0.15) is 0 Å². The predicted molar refractivity (Wildman–Crippen MR) is 271 cm³/mol. The monoisotopic (exact) mass is 916 g/mol. The SMILES string of the molecule is CC(C)(C)[Si](C)(C)OC[C@H]1O[C@@H](OCc2ccccc2)[C@H](NC(=O)CCCCCCCCc2ccc3ccccc3c2)[C@@H](OC(=O)CCCCCCCCc2ccc3ccccc3c2)[C@@H]1O. The molecule has 5 aromatic rings. The van der Waals surface area contributed by atoms with E-state index < -0.39 is 44.9 Å². The number of fused-ring (bicyclic) bond motifs is 2. The highest BCUT2D eigenvalue weighted by molar-refractivity contribution is 6.74. The van der Waals surface area contributed by atoms with Gasteiger partial charge in [0.15, 0.2) is 20.7 Å². The molecule has 1 aliphatic heterocycles. The van der Waals surface area contributed by atoms with Crippen molar-refractivity contribution in [3.05, 3.63) is 132 Å². The van der Waals surface area contributed by atoms with Crippen molar-refractivity contribution in [2.75, 3.05) is 6.61 Å². The number of aliphatic hydroxyl groups excluding tert-OH is 1. The second kappa shape index (κ2) is 25.7. The van der Waals surface area contributed by atoms with Crippen molar-refractivity contribution in [2.24, 2.45) is 0 Å². The first-order valence-electron chi connectivity index (χ1n) is 24.9. The number of esters is 1. The Morgan fingerprint density at radius 2 is 1.12 bits per heavy atom. The van der Waals surface area contributed by atoms with Crippen LogP contribution in [0.3, 0.4) is 0 Å². The van der Waals surface area contributed by atoms with Gasteiger partial charge in [0.25, 0.3) is 0 Å². The van der Waals surface area contributed by atoms with Gasteiger partial charge in [-0.3, -0.25) is 9.59 Å². The summed E-state index contributed by atoms with van der Waals surface area (Å²) in [5, 5.41) is 20.1. The average Bonchev–Trinajstić information content (AvgIpc) is 3.31. The van der Waals surface area contributed by atoms with Gasteiger partial charge in [0.05, 0.1) is 13.2 Å². The molecule has 1 saturated heterocycles. The Morgan fingerprint density at radius 1 is 0.621 bits per heavy atom. The molecule has 5 aromatic carbocycles. The molecule has 5 atom stereocenters. The van der Waals surface area contributed by atoms with E-state index in [9.17, 15) is 14.7 Å². The van der Waals surface area contributed by atoms with E-state index in [-0.39, 0.29) is 30.6 Å². The molecule has 356 valence electrons. The summed E-state index contributed by atoms with van der Waals surface area (Å²) >= 11 is 0. The number of carbonyl (C=O) groups is 2. The first-order chi connectivity index (χ1) is 31.9. The summed E-state index contributed by atoms with van der Waals surface area (Å²) in [6.07, 6.45) is 10.7. The summed E-state index contributed by atoms with van der Waals surface area (Å²) in [6, 6.07) is 39.3. The number of benzene rings is 5. The quantitative estimate of drug-likeness (QED) is 0.0323. The van der Waals surface area contributed by atoms with Gasteiger partial charge < -0.3 is 29.1 Å². The van der Waals surface area contributed by atoms with E-state index in [0.717, 1.165) is 89.0 Å². The van der Waals surface area contributed by atoms with Crippen molar-refractivity contribution in [1.29, 1.82) is 0 Å². The molecule has 1 amide bonds. The summed E-state index contributed by atoms with van der Waals surface area (Å²) in [5.41, 5.74) is 3.69. The van der Waals surface area contributed by atoms with E-state index in [0.29, 0.717) is 12.8 Å². The van der Waals surface area contributed by atoms with Gasteiger partial charge in [-0.15, -0.1) is 0 Å². The van der Waals surface area contributed by atoms with Gasteiger partial charge in [0.1, 0.15) is 18.2 Å². The highest BCUT2D eigenvalue weighted by Crippen LogP contribution is 2.37. The van der Waals surface area contributed by atoms with E-state index >= 15 is 0 Å². The van der Waals surface area contributed by atoms with E-state index in [1.165, 1.54) is 32.7 Å². The molecule has 8 nitrogen and oxygen atoms in total. The molecular formula is C57H77NO7Si. The van der Waals surface area contributed by atoms with Crippen LogP contribution in [0.15, 0.2) is 115 Å². The van der Waals surface area contributed by atoms with Crippen LogP contribution in [0.5, 0.6) is 0 Å². The number of aliphatic hydroxyl groups is 1. The number of carbonyl (C=O) groups excluding carboxylic acids is 2. The lowest BCUT2D eigenvalue weighted by Crippen LogP contribution is -2.66. The summed E-state index contributed by atoms with van der Waals surface area (Å²) in [5.74, 6) is -0.582. The van der Waals surface area contributed by atoms with Crippen molar-refractivity contribution in [3.63, 3.8) is 0 Å². The van der Waals surface area contributed by atoms with Crippen LogP contribution in [0, 0.1) is 0 Å². The summed E-state index contributed by atoms with van der Waals surface area (Å²) in [7, 11) is -2.23. The normalized spacial score (nSPS) is 19.0. The highest BCUT2D eigenvalue weighted by atomic mass is 28.4. The van der Waals surface area contributed by atoms with Crippen LogP contribution in [-0.4, -0.2) is 62.6 Å². The topological polar surface area (TPSA) is 103 Å². The Hall–Kier alpha value is -4.38. The number of unbranched alkanes of at least 4 members (excludes halogenated alkanes) is 10. The largest absolute Gasteiger partial charge is 0.457 e. The fraction of sp³-hybridized carbons (Fsp3) is 0.509. The summed E-state index contributed by atoms with van der Waals surface area (Å²) in [6.45, 7) is 11.1. The fourth-order valence-corrected chi connectivity index (χ4v) is 9.65. The van der Waals surface area contributed by atoms with Crippen LogP contribution < -0.4 is 5.32 Å². The van der Waals surface area contributed by atoms with Crippen molar-refractivity contribution >= 4 is 41.7 Å². The Kier molecular flexibility index (Phi) is 19.8. The maximum atomic E-state index is 13.7. The standard InChI is InChI=1S/C57H77NO7Si/c1-57(2,3)66(4,5)63-42-50-54(61)55(65-52(60)34-20-13-9-7-11-16-26-44-36-38-47-30-22-24-32-49(47)40-44)53(56(64-50)62-41-45-27-17-14-18-28-45)58-51(59)33-19-12-8-6-10-15-25-43-35-37-46-29-21-23-31-48(46)39-43/h14,17-18,21-24,27-32,35-40,50,53-56,61H,6-13,15-16,19-20,25-26,33-34,41-42H2,1-5H3,(H,58,59)/t50-,53-,54-,55-,56-/m1/s1. The molecule has 0 unspecified atom stereocenters. The lowest BCUT2D eigenvalue weighted by molar-refractivity contribution is -0.276. The molecule has 0 saturated carbocycles. The third-order valence-corrected chi connectivity index (χ3v) is 18.3. The zero-order valence-corrected chi connectivity index (χ0v) is 41.5. The van der Waals surface area contributed by atoms with E-state index in [1.54, 1.807) is 0 Å². The first kappa shape index (κ1) is 51.0. The zero-order valence-electron chi connectivity index (χ0n) is 40.5. The number of hydrogen-bond donors (Lipinski definition) is 2. The van der Waals surface area contributed by atoms with Gasteiger partial charge in [-0.05, 0) is 94.9 Å². The van der Waals surface area contributed by atoms with E-state index in [2.05, 4.69) is 124 Å². The van der Waals surface area contributed by atoms with Crippen LogP contribution in [0.1, 0.15) is 127 Å². The molecule has 0 spiro atoms. The van der Waals surface area contributed by atoms with Crippen LogP contribution in [0.25, 0.3) is 21.5 Å². The third-order valence-electron chi connectivity index (χ3n) is 13.8. The first-order valence-corrected chi connectivity index (χ1v) is 27.8. The Labute approximate surface area is 396 Å². The van der Waals surface area contributed by atoms with E-state index in [1.807, 2.05) is 30.3 Å². The second-order valence-corrected chi connectivity index (χ2v) is 24.9. The summed E-state index contributed by atoms with van der Waals surface area (Å²) < 4.78 is 25.6. The lowest BCUT2D eigenvalue weighted by atomic mass is 9.96. The minimum atomic E-state index is -2.23. The van der Waals surface area contributed by atoms with Gasteiger partial charge in [0, 0.05) is 12.8 Å². The molecular weight excluding hydrogens is 839 g/mol. The van der Waals surface area contributed by atoms with Crippen molar-refractivity contribution in [2.45, 2.75) is 179 Å². The smallest absolute Gasteiger partial charge is 0.306 e. The Balaban J connectivity index is 1.00. The Bertz CT molecular complexity index is 2240. The molecule has 0 radical (unpaired) electrons.